The van der Waals surface area contributed by atoms with E-state index in [0.717, 1.165) is 6.54 Å². The molecule has 12 heavy (non-hydrogen) atoms. The van der Waals surface area contributed by atoms with Crippen molar-refractivity contribution in [2.45, 2.75) is 13.0 Å². The number of rotatable bonds is 4. The van der Waals surface area contributed by atoms with E-state index < -0.39 is 0 Å². The molecule has 0 aromatic heterocycles. The van der Waals surface area contributed by atoms with Crippen LogP contribution in [0.3, 0.4) is 0 Å². The molecule has 0 unspecified atom stereocenters. The lowest BCUT2D eigenvalue weighted by Crippen LogP contribution is -2.13. The van der Waals surface area contributed by atoms with Crippen LogP contribution < -0.4 is 0 Å². The van der Waals surface area contributed by atoms with Crippen LogP contribution in [0.15, 0.2) is 0 Å². The highest BCUT2D eigenvalue weighted by Crippen LogP contribution is 1.86. The molecule has 0 amide bonds. The Morgan fingerprint density at radius 1 is 1.50 bits per heavy atom. The van der Waals surface area contributed by atoms with Gasteiger partial charge in [-0.3, -0.25) is 4.90 Å². The van der Waals surface area contributed by atoms with Gasteiger partial charge in [-0.15, -0.1) is 0 Å². The van der Waals surface area contributed by atoms with Crippen LogP contribution >= 0.6 is 0 Å². The van der Waals surface area contributed by atoms with Crippen molar-refractivity contribution in [2.75, 3.05) is 33.9 Å². The van der Waals surface area contributed by atoms with Crippen LogP contribution in [0, 0.1) is 11.8 Å². The molecule has 1 N–H and O–H groups in total. The minimum atomic E-state index is -0.0860. The third-order valence-corrected chi connectivity index (χ3v) is 1.16. The predicted molar refractivity (Wildman–Crippen MR) is 48.8 cm³/mol. The van der Waals surface area contributed by atoms with Crippen molar-refractivity contribution >= 4 is 0 Å². The molecule has 3 nitrogen and oxygen atoms in total. The van der Waals surface area contributed by atoms with Gasteiger partial charge in [0.05, 0.1) is 19.8 Å². The molecule has 1 atom stereocenters. The Hall–Kier alpha value is -0.560. The van der Waals surface area contributed by atoms with E-state index in [0.29, 0.717) is 6.61 Å². The average Bonchev–Trinajstić information content (AvgIpc) is 2.00. The Morgan fingerprint density at radius 2 is 2.17 bits per heavy atom. The number of aliphatic hydroxyl groups is 1. The molecule has 0 bridgehead atoms. The molecule has 0 radical (unpaired) electrons. The van der Waals surface area contributed by atoms with E-state index in [4.69, 9.17) is 9.84 Å². The number of aliphatic hydroxyl groups excluding tert-OH is 1. The zero-order valence-electron chi connectivity index (χ0n) is 8.00. The van der Waals surface area contributed by atoms with Crippen LogP contribution in [-0.4, -0.2) is 50.0 Å². The normalized spacial score (nSPS) is 12.4. The Balaban J connectivity index is 3.49. The van der Waals surface area contributed by atoms with Gasteiger partial charge in [-0.1, -0.05) is 11.8 Å². The lowest BCUT2D eigenvalue weighted by atomic mass is 10.4. The van der Waals surface area contributed by atoms with Crippen molar-refractivity contribution in [1.82, 2.24) is 4.90 Å². The largest absolute Gasteiger partial charge is 0.394 e. The second-order valence-corrected chi connectivity index (χ2v) is 2.80. The fourth-order valence-corrected chi connectivity index (χ4v) is 0.619. The van der Waals surface area contributed by atoms with Gasteiger partial charge in [0.25, 0.3) is 0 Å². The van der Waals surface area contributed by atoms with Gasteiger partial charge in [-0.25, -0.2) is 0 Å². The van der Waals surface area contributed by atoms with Gasteiger partial charge in [0, 0.05) is 0 Å². The molecule has 0 aliphatic heterocycles. The number of nitrogens with zero attached hydrogens (tertiary/aromatic N) is 1. The minimum Gasteiger partial charge on any atom is -0.394 e. The molecule has 70 valence electrons. The van der Waals surface area contributed by atoms with E-state index in [-0.39, 0.29) is 12.7 Å². The number of hydrogen-bond acceptors (Lipinski definition) is 3. The van der Waals surface area contributed by atoms with Crippen LogP contribution in [0.1, 0.15) is 6.92 Å². The first-order valence-corrected chi connectivity index (χ1v) is 4.02. The van der Waals surface area contributed by atoms with E-state index in [1.165, 1.54) is 0 Å². The van der Waals surface area contributed by atoms with Crippen molar-refractivity contribution in [2.24, 2.45) is 0 Å². The molecule has 0 spiro atoms. The van der Waals surface area contributed by atoms with Gasteiger partial charge >= 0.3 is 0 Å². The maximum Gasteiger partial charge on any atom is 0.115 e. The van der Waals surface area contributed by atoms with Crippen LogP contribution in [0.2, 0.25) is 0 Å². The fraction of sp³-hybridized carbons (Fsp3) is 0.778. The van der Waals surface area contributed by atoms with Gasteiger partial charge in [0.1, 0.15) is 6.10 Å². The summed E-state index contributed by atoms with van der Waals surface area (Å²) in [5, 5.41) is 8.45. The summed E-state index contributed by atoms with van der Waals surface area (Å²) in [6.07, 6.45) is -0.0860. The standard InChI is InChI=1S/C9H17NO2/c1-9(12-8-7-11)5-4-6-10(2)3/h9,11H,6-8H2,1-3H3/t9-/m0/s1. The quantitative estimate of drug-likeness (QED) is 0.602. The summed E-state index contributed by atoms with van der Waals surface area (Å²) in [5.74, 6) is 5.89. The maximum atomic E-state index is 8.45. The highest BCUT2D eigenvalue weighted by atomic mass is 16.5. The molecule has 3 heteroatoms. The summed E-state index contributed by atoms with van der Waals surface area (Å²) in [7, 11) is 3.93. The SMILES string of the molecule is C[C@@H](C#CCN(C)C)OCCO. The predicted octanol–water partition coefficient (Wildman–Crippen LogP) is -0.0512. The zero-order chi connectivity index (χ0) is 9.40. The van der Waals surface area contributed by atoms with Crippen molar-refractivity contribution in [1.29, 1.82) is 0 Å². The second-order valence-electron chi connectivity index (χ2n) is 2.80. The third kappa shape index (κ3) is 7.55. The van der Waals surface area contributed by atoms with E-state index in [9.17, 15) is 0 Å². The third-order valence-electron chi connectivity index (χ3n) is 1.16. The average molecular weight is 171 g/mol. The summed E-state index contributed by atoms with van der Waals surface area (Å²) < 4.78 is 5.13. The molecular formula is C9H17NO2. The number of ether oxygens (including phenoxy) is 1. The summed E-state index contributed by atoms with van der Waals surface area (Å²) in [5.41, 5.74) is 0. The Kier molecular flexibility index (Phi) is 6.78. The summed E-state index contributed by atoms with van der Waals surface area (Å²) >= 11 is 0. The smallest absolute Gasteiger partial charge is 0.115 e. The summed E-state index contributed by atoms with van der Waals surface area (Å²) in [6, 6.07) is 0. The van der Waals surface area contributed by atoms with E-state index in [1.54, 1.807) is 0 Å². The van der Waals surface area contributed by atoms with Gasteiger partial charge in [0.2, 0.25) is 0 Å². The van der Waals surface area contributed by atoms with Crippen LogP contribution in [0.25, 0.3) is 0 Å². The van der Waals surface area contributed by atoms with E-state index in [2.05, 4.69) is 11.8 Å². The van der Waals surface area contributed by atoms with Crippen molar-refractivity contribution < 1.29 is 9.84 Å². The van der Waals surface area contributed by atoms with E-state index >= 15 is 0 Å². The molecule has 0 aromatic rings. The Labute approximate surface area is 74.3 Å². The van der Waals surface area contributed by atoms with Crippen LogP contribution in [-0.2, 0) is 4.74 Å². The van der Waals surface area contributed by atoms with Gasteiger partial charge in [-0.05, 0) is 21.0 Å². The summed E-state index contributed by atoms with van der Waals surface area (Å²) in [4.78, 5) is 1.99. The van der Waals surface area contributed by atoms with Crippen molar-refractivity contribution in [3.05, 3.63) is 0 Å². The van der Waals surface area contributed by atoms with Crippen LogP contribution in [0.4, 0.5) is 0 Å². The number of hydrogen-bond donors (Lipinski definition) is 1. The fourth-order valence-electron chi connectivity index (χ4n) is 0.619. The zero-order valence-corrected chi connectivity index (χ0v) is 8.00. The highest BCUT2D eigenvalue weighted by Gasteiger charge is 1.93. The van der Waals surface area contributed by atoms with Gasteiger partial charge in [0.15, 0.2) is 0 Å². The van der Waals surface area contributed by atoms with E-state index in [1.807, 2.05) is 25.9 Å². The molecule has 0 saturated carbocycles. The van der Waals surface area contributed by atoms with Gasteiger partial charge in [-0.2, -0.15) is 0 Å². The molecule has 0 aliphatic carbocycles. The first kappa shape index (κ1) is 11.4. The molecular weight excluding hydrogens is 154 g/mol. The maximum absolute atomic E-state index is 8.45. The molecule has 0 heterocycles. The topological polar surface area (TPSA) is 32.7 Å². The first-order valence-electron chi connectivity index (χ1n) is 4.02. The monoisotopic (exact) mass is 171 g/mol. The van der Waals surface area contributed by atoms with Crippen molar-refractivity contribution in [3.63, 3.8) is 0 Å². The first-order chi connectivity index (χ1) is 5.66. The van der Waals surface area contributed by atoms with Crippen LogP contribution in [0.5, 0.6) is 0 Å². The highest BCUT2D eigenvalue weighted by molar-refractivity contribution is 5.05. The lowest BCUT2D eigenvalue weighted by Gasteiger charge is -2.05. The molecule has 0 aromatic carbocycles. The summed E-state index contributed by atoms with van der Waals surface area (Å²) in [6.45, 7) is 3.03. The molecule has 0 rings (SSSR count). The lowest BCUT2D eigenvalue weighted by molar-refractivity contribution is 0.0687. The van der Waals surface area contributed by atoms with Crippen molar-refractivity contribution in [3.8, 4) is 11.8 Å². The molecule has 0 aliphatic rings. The molecule has 0 fully saturated rings. The molecule has 0 saturated heterocycles. The second kappa shape index (κ2) is 7.11. The Bertz CT molecular complexity index is 158. The Morgan fingerprint density at radius 3 is 2.67 bits per heavy atom. The minimum absolute atomic E-state index is 0.0553. The van der Waals surface area contributed by atoms with Gasteiger partial charge < -0.3 is 9.84 Å².